The van der Waals surface area contributed by atoms with Gasteiger partial charge in [-0.25, -0.2) is 17.8 Å². The van der Waals surface area contributed by atoms with Crippen LogP contribution < -0.4 is 15.4 Å². The molecule has 0 bridgehead atoms. The van der Waals surface area contributed by atoms with E-state index in [1.54, 1.807) is 5.38 Å². The van der Waals surface area contributed by atoms with E-state index >= 15 is 0 Å². The molecule has 0 aliphatic carbocycles. The maximum absolute atomic E-state index is 14.8. The summed E-state index contributed by atoms with van der Waals surface area (Å²) in [5.74, 6) is -0.603. The lowest BCUT2D eigenvalue weighted by molar-refractivity contribution is 0.403. The van der Waals surface area contributed by atoms with Crippen molar-refractivity contribution in [3.63, 3.8) is 0 Å². The maximum atomic E-state index is 14.8. The molecular weight excluding hydrogens is 471 g/mol. The third-order valence-corrected chi connectivity index (χ3v) is 8.01. The van der Waals surface area contributed by atoms with Gasteiger partial charge in [0.05, 0.1) is 10.7 Å². The number of hydrogen-bond acceptors (Lipinski definition) is 6. The van der Waals surface area contributed by atoms with Crippen LogP contribution in [0.2, 0.25) is 5.02 Å². The largest absolute Gasteiger partial charge is 0.383 e. The number of rotatable bonds is 9. The van der Waals surface area contributed by atoms with E-state index < -0.39 is 20.7 Å². The van der Waals surface area contributed by atoms with Gasteiger partial charge in [0, 0.05) is 24.2 Å². The quantitative estimate of drug-likeness (QED) is 0.399. The second kappa shape index (κ2) is 10.2. The molecule has 1 fully saturated rings. The lowest BCUT2D eigenvalue weighted by Gasteiger charge is -2.25. The van der Waals surface area contributed by atoms with Gasteiger partial charge >= 0.3 is 0 Å². The van der Waals surface area contributed by atoms with Gasteiger partial charge in [-0.15, -0.1) is 11.3 Å². The van der Waals surface area contributed by atoms with E-state index in [0.717, 1.165) is 49.3 Å². The first-order chi connectivity index (χ1) is 15.4. The van der Waals surface area contributed by atoms with Gasteiger partial charge in [0.15, 0.2) is 5.13 Å². The molecule has 1 aliphatic heterocycles. The van der Waals surface area contributed by atoms with E-state index in [0.29, 0.717) is 18.3 Å². The molecule has 2 aromatic carbocycles. The number of anilines is 2. The molecule has 0 unspecified atom stereocenters. The molecule has 6 nitrogen and oxygen atoms in total. The predicted octanol–water partition coefficient (Wildman–Crippen LogP) is 4.76. The van der Waals surface area contributed by atoms with Gasteiger partial charge < -0.3 is 10.6 Å². The summed E-state index contributed by atoms with van der Waals surface area (Å²) in [5.41, 5.74) is 1.61. The molecule has 3 N–H and O–H groups in total. The van der Waals surface area contributed by atoms with Crippen molar-refractivity contribution in [3.05, 3.63) is 70.4 Å². The van der Waals surface area contributed by atoms with E-state index in [4.69, 9.17) is 11.6 Å². The van der Waals surface area contributed by atoms with Crippen molar-refractivity contribution in [2.75, 3.05) is 23.1 Å². The smallest absolute Gasteiger partial charge is 0.266 e. The minimum atomic E-state index is -4.14. The highest BCUT2D eigenvalue weighted by molar-refractivity contribution is 7.93. The average Bonchev–Trinajstić information content (AvgIpc) is 3.48. The molecule has 2 atom stereocenters. The summed E-state index contributed by atoms with van der Waals surface area (Å²) in [5, 5.41) is 8.72. The highest BCUT2D eigenvalue weighted by Crippen LogP contribution is 2.30. The maximum Gasteiger partial charge on any atom is 0.266 e. The second-order valence-corrected chi connectivity index (χ2v) is 10.7. The number of nitrogens with one attached hydrogen (secondary N) is 3. The summed E-state index contributed by atoms with van der Waals surface area (Å²) in [6, 6.07) is 12.9. The van der Waals surface area contributed by atoms with Crippen molar-refractivity contribution in [1.82, 2.24) is 10.3 Å². The number of sulfonamides is 1. The van der Waals surface area contributed by atoms with Gasteiger partial charge in [-0.2, -0.15) is 0 Å². The zero-order valence-corrected chi connectivity index (χ0v) is 19.6. The summed E-state index contributed by atoms with van der Waals surface area (Å²) in [4.78, 5) is 3.36. The summed E-state index contributed by atoms with van der Waals surface area (Å²) in [6.07, 6.45) is 4.55. The minimum Gasteiger partial charge on any atom is -0.383 e. The lowest BCUT2D eigenvalue weighted by Crippen LogP contribution is -2.36. The molecular formula is C22H24ClFN4O2S2. The topological polar surface area (TPSA) is 83.1 Å². The van der Waals surface area contributed by atoms with Gasteiger partial charge in [0.2, 0.25) is 0 Å². The molecule has 0 saturated carbocycles. The monoisotopic (exact) mass is 494 g/mol. The number of halogens is 2. The molecule has 0 amide bonds. The van der Waals surface area contributed by atoms with E-state index in [2.05, 4.69) is 32.5 Å². The van der Waals surface area contributed by atoms with Crippen LogP contribution in [0.1, 0.15) is 18.4 Å². The number of hydrogen-bond donors (Lipinski definition) is 3. The molecule has 32 heavy (non-hydrogen) atoms. The standard InChI is InChI=1S/C22H24ClFN4O2S2/c23-17-12-21(32(29,30)28-22-26-9-10-31-22)18(24)13-20(17)27-14-16(19-7-4-8-25-19)11-15-5-2-1-3-6-15/h1-3,5-6,9-10,12-13,16,19,25,27H,4,7-8,11,14H2,(H,26,28)/t16-,19+/m0/s1. The first-order valence-electron chi connectivity index (χ1n) is 10.3. The zero-order valence-electron chi connectivity index (χ0n) is 17.2. The van der Waals surface area contributed by atoms with Crippen LogP contribution in [0.4, 0.5) is 15.2 Å². The molecule has 1 aromatic heterocycles. The summed E-state index contributed by atoms with van der Waals surface area (Å²) < 4.78 is 42.2. The number of aromatic nitrogens is 1. The van der Waals surface area contributed by atoms with Gasteiger partial charge in [0.1, 0.15) is 10.7 Å². The highest BCUT2D eigenvalue weighted by Gasteiger charge is 2.26. The van der Waals surface area contributed by atoms with Crippen LogP contribution in [0.25, 0.3) is 0 Å². The van der Waals surface area contributed by atoms with Crippen molar-refractivity contribution in [3.8, 4) is 0 Å². The third-order valence-electron chi connectivity index (χ3n) is 5.53. The minimum absolute atomic E-state index is 0.142. The third kappa shape index (κ3) is 5.58. The van der Waals surface area contributed by atoms with Gasteiger partial charge in [-0.1, -0.05) is 41.9 Å². The van der Waals surface area contributed by atoms with Gasteiger partial charge in [-0.3, -0.25) is 4.72 Å². The Hall–Kier alpha value is -2.20. The molecule has 1 saturated heterocycles. The number of nitrogens with zero attached hydrogens (tertiary/aromatic N) is 1. The first kappa shape index (κ1) is 23.0. The van der Waals surface area contributed by atoms with Crippen LogP contribution in [0.15, 0.2) is 58.9 Å². The molecule has 1 aliphatic rings. The predicted molar refractivity (Wildman–Crippen MR) is 127 cm³/mol. The van der Waals surface area contributed by atoms with E-state index in [9.17, 15) is 12.8 Å². The Kier molecular flexibility index (Phi) is 7.30. The number of benzene rings is 2. The van der Waals surface area contributed by atoms with E-state index in [1.165, 1.54) is 11.8 Å². The fraction of sp³-hybridized carbons (Fsp3) is 0.318. The summed E-state index contributed by atoms with van der Waals surface area (Å²) in [7, 11) is -4.14. The van der Waals surface area contributed by atoms with Crippen LogP contribution >= 0.6 is 22.9 Å². The fourth-order valence-corrected chi connectivity index (χ4v) is 6.11. The summed E-state index contributed by atoms with van der Waals surface area (Å²) in [6.45, 7) is 1.57. The molecule has 4 rings (SSSR count). The van der Waals surface area contributed by atoms with E-state index in [1.807, 2.05) is 18.2 Å². The van der Waals surface area contributed by atoms with Gasteiger partial charge in [0.25, 0.3) is 10.0 Å². The molecule has 0 radical (unpaired) electrons. The van der Waals surface area contributed by atoms with Crippen molar-refractivity contribution < 1.29 is 12.8 Å². The Balaban J connectivity index is 1.49. The Morgan fingerprint density at radius 1 is 1.28 bits per heavy atom. The average molecular weight is 495 g/mol. The van der Waals surface area contributed by atoms with Crippen molar-refractivity contribution >= 4 is 43.8 Å². The van der Waals surface area contributed by atoms with E-state index in [-0.39, 0.29) is 16.1 Å². The van der Waals surface area contributed by atoms with Crippen molar-refractivity contribution in [2.24, 2.45) is 5.92 Å². The first-order valence-corrected chi connectivity index (χ1v) is 13.1. The van der Waals surface area contributed by atoms with Crippen LogP contribution in [-0.2, 0) is 16.4 Å². The Morgan fingerprint density at radius 3 is 2.78 bits per heavy atom. The highest BCUT2D eigenvalue weighted by atomic mass is 35.5. The SMILES string of the molecule is O=S(=O)(Nc1nccs1)c1cc(Cl)c(NC[C@H](Cc2ccccc2)[C@H]2CCCN2)cc1F. The van der Waals surface area contributed by atoms with Crippen LogP contribution in [0.3, 0.4) is 0 Å². The van der Waals surface area contributed by atoms with Crippen LogP contribution in [-0.4, -0.2) is 32.5 Å². The van der Waals surface area contributed by atoms with Crippen molar-refractivity contribution in [1.29, 1.82) is 0 Å². The van der Waals surface area contributed by atoms with Gasteiger partial charge in [-0.05, 0) is 49.4 Å². The van der Waals surface area contributed by atoms with Crippen LogP contribution in [0, 0.1) is 11.7 Å². The molecule has 3 aromatic rings. The Labute approximate surface area is 196 Å². The number of thiazole rings is 1. The Morgan fingerprint density at radius 2 is 2.09 bits per heavy atom. The molecule has 10 heteroatoms. The lowest BCUT2D eigenvalue weighted by atomic mass is 9.91. The Bertz CT molecular complexity index is 1140. The van der Waals surface area contributed by atoms with Crippen LogP contribution in [0.5, 0.6) is 0 Å². The normalized spacial score (nSPS) is 17.2. The second-order valence-electron chi connectivity index (χ2n) is 7.74. The van der Waals surface area contributed by atoms with Crippen molar-refractivity contribution in [2.45, 2.75) is 30.2 Å². The fourth-order valence-electron chi connectivity index (χ4n) is 3.94. The molecule has 0 spiro atoms. The molecule has 2 heterocycles. The zero-order chi connectivity index (χ0) is 22.6. The summed E-state index contributed by atoms with van der Waals surface area (Å²) >= 11 is 7.45. The molecule has 170 valence electrons.